The summed E-state index contributed by atoms with van der Waals surface area (Å²) >= 11 is 0. The number of anilines is 1. The van der Waals surface area contributed by atoms with Gasteiger partial charge in [-0.3, -0.25) is 9.59 Å². The van der Waals surface area contributed by atoms with Gasteiger partial charge >= 0.3 is 0 Å². The van der Waals surface area contributed by atoms with E-state index in [1.807, 2.05) is 0 Å². The van der Waals surface area contributed by atoms with Gasteiger partial charge < -0.3 is 10.6 Å². The lowest BCUT2D eigenvalue weighted by atomic mass is 9.90. The first-order valence-corrected chi connectivity index (χ1v) is 9.49. The van der Waals surface area contributed by atoms with Crippen molar-refractivity contribution >= 4 is 17.5 Å². The van der Waals surface area contributed by atoms with Gasteiger partial charge in [-0.2, -0.15) is 0 Å². The highest BCUT2D eigenvalue weighted by Gasteiger charge is 2.23. The van der Waals surface area contributed by atoms with Gasteiger partial charge in [0.15, 0.2) is 0 Å². The minimum atomic E-state index is -0.0422. The fourth-order valence-corrected chi connectivity index (χ4v) is 3.49. The molecule has 1 saturated carbocycles. The SMILES string of the molecule is O=C(Cc1ccc2c(c1)CCCC2)Nc1ccc(C(=O)NC2CC2)cc1. The molecule has 0 spiro atoms. The molecule has 0 bridgehead atoms. The van der Waals surface area contributed by atoms with Gasteiger partial charge in [0.25, 0.3) is 5.91 Å². The van der Waals surface area contributed by atoms with Crippen LogP contribution in [0.1, 0.15) is 52.7 Å². The molecule has 4 heteroatoms. The van der Waals surface area contributed by atoms with E-state index in [9.17, 15) is 9.59 Å². The molecule has 4 rings (SSSR count). The van der Waals surface area contributed by atoms with E-state index in [1.165, 1.54) is 24.0 Å². The van der Waals surface area contributed by atoms with Crippen LogP contribution in [0.15, 0.2) is 42.5 Å². The normalized spacial score (nSPS) is 15.8. The van der Waals surface area contributed by atoms with Gasteiger partial charge in [-0.15, -0.1) is 0 Å². The molecule has 4 nitrogen and oxygen atoms in total. The first-order valence-electron chi connectivity index (χ1n) is 9.49. The number of hydrogen-bond acceptors (Lipinski definition) is 2. The van der Waals surface area contributed by atoms with Gasteiger partial charge in [-0.05, 0) is 79.5 Å². The molecule has 134 valence electrons. The molecule has 2 aliphatic rings. The highest BCUT2D eigenvalue weighted by molar-refractivity contribution is 5.96. The Hall–Kier alpha value is -2.62. The Bertz CT molecular complexity index is 823. The van der Waals surface area contributed by atoms with Crippen molar-refractivity contribution < 1.29 is 9.59 Å². The van der Waals surface area contributed by atoms with Crippen molar-refractivity contribution in [2.75, 3.05) is 5.32 Å². The molecule has 0 atom stereocenters. The number of carbonyl (C=O) groups is 2. The minimum absolute atomic E-state index is 0.0315. The zero-order valence-corrected chi connectivity index (χ0v) is 14.9. The molecule has 2 aromatic rings. The number of nitrogens with one attached hydrogen (secondary N) is 2. The van der Waals surface area contributed by atoms with E-state index in [-0.39, 0.29) is 11.8 Å². The van der Waals surface area contributed by atoms with Crippen LogP contribution in [0.4, 0.5) is 5.69 Å². The van der Waals surface area contributed by atoms with Crippen LogP contribution >= 0.6 is 0 Å². The summed E-state index contributed by atoms with van der Waals surface area (Å²) in [6.45, 7) is 0. The first-order chi connectivity index (χ1) is 12.7. The van der Waals surface area contributed by atoms with E-state index in [2.05, 4.69) is 28.8 Å². The monoisotopic (exact) mass is 348 g/mol. The Balaban J connectivity index is 1.34. The molecule has 0 saturated heterocycles. The first kappa shape index (κ1) is 16.8. The largest absolute Gasteiger partial charge is 0.349 e. The van der Waals surface area contributed by atoms with Crippen molar-refractivity contribution in [2.24, 2.45) is 0 Å². The number of carbonyl (C=O) groups excluding carboxylic acids is 2. The fourth-order valence-electron chi connectivity index (χ4n) is 3.49. The average Bonchev–Trinajstić information content (AvgIpc) is 3.46. The third kappa shape index (κ3) is 4.13. The quantitative estimate of drug-likeness (QED) is 0.867. The fraction of sp³-hybridized carbons (Fsp3) is 0.364. The molecule has 0 radical (unpaired) electrons. The summed E-state index contributed by atoms with van der Waals surface area (Å²) in [6.07, 6.45) is 7.30. The second kappa shape index (κ2) is 7.32. The van der Waals surface area contributed by atoms with Crippen molar-refractivity contribution in [3.8, 4) is 0 Å². The molecule has 2 aromatic carbocycles. The number of fused-ring (bicyclic) bond motifs is 1. The predicted octanol–water partition coefficient (Wildman–Crippen LogP) is 3.64. The van der Waals surface area contributed by atoms with Crippen LogP contribution in [0.2, 0.25) is 0 Å². The molecule has 2 amide bonds. The molecule has 2 N–H and O–H groups in total. The number of hydrogen-bond donors (Lipinski definition) is 2. The molecule has 26 heavy (non-hydrogen) atoms. The number of aryl methyl sites for hydroxylation is 2. The minimum Gasteiger partial charge on any atom is -0.349 e. The summed E-state index contributed by atoms with van der Waals surface area (Å²) in [6, 6.07) is 13.8. The zero-order chi connectivity index (χ0) is 17.9. The van der Waals surface area contributed by atoms with Gasteiger partial charge in [0.05, 0.1) is 6.42 Å². The van der Waals surface area contributed by atoms with E-state index in [0.717, 1.165) is 36.9 Å². The highest BCUT2D eigenvalue weighted by atomic mass is 16.2. The van der Waals surface area contributed by atoms with Crippen LogP contribution in [-0.2, 0) is 24.1 Å². The van der Waals surface area contributed by atoms with Crippen molar-refractivity contribution in [2.45, 2.75) is 51.0 Å². The third-order valence-electron chi connectivity index (χ3n) is 5.12. The zero-order valence-electron chi connectivity index (χ0n) is 14.9. The summed E-state index contributed by atoms with van der Waals surface area (Å²) < 4.78 is 0. The lowest BCUT2D eigenvalue weighted by Gasteiger charge is -2.16. The maximum Gasteiger partial charge on any atom is 0.251 e. The average molecular weight is 348 g/mol. The van der Waals surface area contributed by atoms with Crippen LogP contribution in [0.3, 0.4) is 0 Å². The maximum absolute atomic E-state index is 12.3. The molecular weight excluding hydrogens is 324 g/mol. The van der Waals surface area contributed by atoms with Crippen molar-refractivity contribution in [3.05, 3.63) is 64.7 Å². The van der Waals surface area contributed by atoms with Crippen LogP contribution in [0.25, 0.3) is 0 Å². The van der Waals surface area contributed by atoms with E-state index in [0.29, 0.717) is 18.0 Å². The van der Waals surface area contributed by atoms with E-state index < -0.39 is 0 Å². The Morgan fingerprint density at radius 1 is 0.923 bits per heavy atom. The third-order valence-corrected chi connectivity index (χ3v) is 5.12. The van der Waals surface area contributed by atoms with E-state index in [4.69, 9.17) is 0 Å². The van der Waals surface area contributed by atoms with Gasteiger partial charge in [0, 0.05) is 17.3 Å². The van der Waals surface area contributed by atoms with Crippen LogP contribution in [0.5, 0.6) is 0 Å². The van der Waals surface area contributed by atoms with E-state index in [1.54, 1.807) is 24.3 Å². The summed E-state index contributed by atoms with van der Waals surface area (Å²) in [5.74, 6) is -0.0737. The molecule has 0 aromatic heterocycles. The Labute approximate surface area is 154 Å². The summed E-state index contributed by atoms with van der Waals surface area (Å²) in [4.78, 5) is 24.3. The van der Waals surface area contributed by atoms with Gasteiger partial charge in [0.1, 0.15) is 0 Å². The van der Waals surface area contributed by atoms with Gasteiger partial charge in [0.2, 0.25) is 5.91 Å². The predicted molar refractivity (Wildman–Crippen MR) is 102 cm³/mol. The van der Waals surface area contributed by atoms with Gasteiger partial charge in [-0.25, -0.2) is 0 Å². The summed E-state index contributed by atoms with van der Waals surface area (Å²) in [5.41, 5.74) is 5.23. The maximum atomic E-state index is 12.3. The Morgan fingerprint density at radius 3 is 2.38 bits per heavy atom. The van der Waals surface area contributed by atoms with Gasteiger partial charge in [-0.1, -0.05) is 18.2 Å². The number of benzene rings is 2. The second-order valence-corrected chi connectivity index (χ2v) is 7.36. The van der Waals surface area contributed by atoms with E-state index >= 15 is 0 Å². The van der Waals surface area contributed by atoms with Crippen LogP contribution < -0.4 is 10.6 Å². The molecule has 0 aliphatic heterocycles. The standard InChI is InChI=1S/C22H24N2O2/c25-21(14-15-5-6-16-3-1-2-4-18(16)13-15)23-19-9-7-17(8-10-19)22(26)24-20-11-12-20/h5-10,13,20H,1-4,11-12,14H2,(H,23,25)(H,24,26). The second-order valence-electron chi connectivity index (χ2n) is 7.36. The Kier molecular flexibility index (Phi) is 4.74. The molecular formula is C22H24N2O2. The molecule has 1 fully saturated rings. The molecule has 0 unspecified atom stereocenters. The van der Waals surface area contributed by atoms with Crippen molar-refractivity contribution in [1.29, 1.82) is 0 Å². The molecule has 0 heterocycles. The van der Waals surface area contributed by atoms with Crippen molar-refractivity contribution in [1.82, 2.24) is 5.32 Å². The number of rotatable bonds is 5. The van der Waals surface area contributed by atoms with Crippen molar-refractivity contribution in [3.63, 3.8) is 0 Å². The molecule has 2 aliphatic carbocycles. The van der Waals surface area contributed by atoms with Crippen LogP contribution in [0, 0.1) is 0 Å². The summed E-state index contributed by atoms with van der Waals surface area (Å²) in [5, 5.41) is 5.88. The van der Waals surface area contributed by atoms with Crippen LogP contribution in [-0.4, -0.2) is 17.9 Å². The summed E-state index contributed by atoms with van der Waals surface area (Å²) in [7, 11) is 0. The number of amides is 2. The Morgan fingerprint density at radius 2 is 1.65 bits per heavy atom. The lowest BCUT2D eigenvalue weighted by molar-refractivity contribution is -0.115. The smallest absolute Gasteiger partial charge is 0.251 e. The highest BCUT2D eigenvalue weighted by Crippen LogP contribution is 2.23. The lowest BCUT2D eigenvalue weighted by Crippen LogP contribution is -2.25. The topological polar surface area (TPSA) is 58.2 Å².